The highest BCUT2D eigenvalue weighted by Crippen LogP contribution is 2.18. The van der Waals surface area contributed by atoms with Crippen molar-refractivity contribution in [3.05, 3.63) is 89.2 Å². The molecule has 7 nitrogen and oxygen atoms in total. The van der Waals surface area contributed by atoms with E-state index in [-0.39, 0.29) is 17.6 Å². The van der Waals surface area contributed by atoms with Crippen LogP contribution in [0.25, 0.3) is 0 Å². The van der Waals surface area contributed by atoms with E-state index in [1.807, 2.05) is 6.92 Å². The minimum atomic E-state index is -1.98. The summed E-state index contributed by atoms with van der Waals surface area (Å²) in [6.45, 7) is 1.81. The molecular formula is C21H19N3O4S. The first-order valence-corrected chi connectivity index (χ1v) is 10.00. The minimum absolute atomic E-state index is 0.0513. The van der Waals surface area contributed by atoms with E-state index in [0.717, 1.165) is 5.56 Å². The number of hydrogen-bond acceptors (Lipinski definition) is 4. The van der Waals surface area contributed by atoms with Crippen LogP contribution in [0.1, 0.15) is 31.8 Å². The van der Waals surface area contributed by atoms with Crippen LogP contribution in [-0.4, -0.2) is 25.6 Å². The lowest BCUT2D eigenvalue weighted by Gasteiger charge is -2.11. The van der Waals surface area contributed by atoms with Gasteiger partial charge in [-0.25, -0.2) is 4.21 Å². The van der Waals surface area contributed by atoms with Crippen LogP contribution < -0.4 is 10.6 Å². The van der Waals surface area contributed by atoms with Crippen molar-refractivity contribution in [1.82, 2.24) is 4.98 Å². The van der Waals surface area contributed by atoms with Crippen LogP contribution in [0.5, 0.6) is 0 Å². The molecule has 148 valence electrons. The van der Waals surface area contributed by atoms with Gasteiger partial charge in [0.2, 0.25) is 0 Å². The number of carbonyl (C=O) groups is 2. The predicted octanol–water partition coefficient (Wildman–Crippen LogP) is 3.62. The van der Waals surface area contributed by atoms with E-state index in [4.69, 9.17) is 4.55 Å². The number of nitrogens with one attached hydrogen (secondary N) is 2. The number of anilines is 2. The van der Waals surface area contributed by atoms with Gasteiger partial charge in [0, 0.05) is 23.0 Å². The fourth-order valence-corrected chi connectivity index (χ4v) is 3.19. The Bertz CT molecular complexity index is 1070. The minimum Gasteiger partial charge on any atom is -0.322 e. The van der Waals surface area contributed by atoms with Gasteiger partial charge in [-0.15, -0.1) is 0 Å². The highest BCUT2D eigenvalue weighted by atomic mass is 32.2. The first-order valence-electron chi connectivity index (χ1n) is 8.72. The summed E-state index contributed by atoms with van der Waals surface area (Å²) in [5, 5.41) is 5.53. The molecule has 8 heteroatoms. The number of aryl methyl sites for hydroxylation is 1. The third-order valence-corrected chi connectivity index (χ3v) is 4.72. The zero-order valence-corrected chi connectivity index (χ0v) is 16.4. The SMILES string of the molecule is Cc1ccc(NC(=O)c2cccc(CS(=O)O)c2)cc1C(=O)Nc1cccnc1. The summed E-state index contributed by atoms with van der Waals surface area (Å²) in [7, 11) is 0. The molecule has 29 heavy (non-hydrogen) atoms. The molecule has 0 aliphatic carbocycles. The molecule has 1 unspecified atom stereocenters. The summed E-state index contributed by atoms with van der Waals surface area (Å²) in [5.41, 5.74) is 3.17. The second-order valence-corrected chi connectivity index (χ2v) is 7.28. The third-order valence-electron chi connectivity index (χ3n) is 4.14. The van der Waals surface area contributed by atoms with E-state index in [1.165, 1.54) is 0 Å². The lowest BCUT2D eigenvalue weighted by molar-refractivity contribution is 0.101. The largest absolute Gasteiger partial charge is 0.322 e. The van der Waals surface area contributed by atoms with Gasteiger partial charge < -0.3 is 15.2 Å². The van der Waals surface area contributed by atoms with E-state index < -0.39 is 11.1 Å². The fourth-order valence-electron chi connectivity index (χ4n) is 2.73. The van der Waals surface area contributed by atoms with Crippen molar-refractivity contribution in [2.75, 3.05) is 10.6 Å². The Morgan fingerprint density at radius 2 is 1.79 bits per heavy atom. The molecule has 2 aromatic carbocycles. The summed E-state index contributed by atoms with van der Waals surface area (Å²) in [5.74, 6) is -0.735. The molecule has 0 aliphatic rings. The van der Waals surface area contributed by atoms with Crippen molar-refractivity contribution in [3.8, 4) is 0 Å². The van der Waals surface area contributed by atoms with Gasteiger partial charge in [-0.05, 0) is 54.4 Å². The average Bonchev–Trinajstić information content (AvgIpc) is 2.70. The molecule has 0 fully saturated rings. The molecule has 3 aromatic rings. The summed E-state index contributed by atoms with van der Waals surface area (Å²) >= 11 is -1.98. The molecule has 0 bridgehead atoms. The van der Waals surface area contributed by atoms with Crippen molar-refractivity contribution >= 4 is 34.3 Å². The van der Waals surface area contributed by atoms with Gasteiger partial charge in [-0.2, -0.15) is 0 Å². The Kier molecular flexibility index (Phi) is 6.48. The number of carbonyl (C=O) groups excluding carboxylic acids is 2. The second kappa shape index (κ2) is 9.22. The highest BCUT2D eigenvalue weighted by Gasteiger charge is 2.13. The predicted molar refractivity (Wildman–Crippen MR) is 112 cm³/mol. The Labute approximate surface area is 170 Å². The average molecular weight is 409 g/mol. The molecule has 3 N–H and O–H groups in total. The smallest absolute Gasteiger partial charge is 0.256 e. The Morgan fingerprint density at radius 3 is 2.52 bits per heavy atom. The number of rotatable bonds is 6. The first-order chi connectivity index (χ1) is 13.9. The van der Waals surface area contributed by atoms with E-state index in [1.54, 1.807) is 67.0 Å². The summed E-state index contributed by atoms with van der Waals surface area (Å²) in [6, 6.07) is 15.0. The van der Waals surface area contributed by atoms with Crippen molar-refractivity contribution in [2.45, 2.75) is 12.7 Å². The van der Waals surface area contributed by atoms with Gasteiger partial charge >= 0.3 is 0 Å². The maximum Gasteiger partial charge on any atom is 0.256 e. The number of benzene rings is 2. The zero-order valence-electron chi connectivity index (χ0n) is 15.6. The Balaban J connectivity index is 1.76. The molecule has 0 saturated heterocycles. The molecule has 1 atom stereocenters. The highest BCUT2D eigenvalue weighted by molar-refractivity contribution is 7.78. The monoisotopic (exact) mass is 409 g/mol. The van der Waals surface area contributed by atoms with Gasteiger partial charge in [0.1, 0.15) is 0 Å². The van der Waals surface area contributed by atoms with Crippen LogP contribution in [0, 0.1) is 6.92 Å². The number of aromatic nitrogens is 1. The van der Waals surface area contributed by atoms with Crippen LogP contribution in [0.2, 0.25) is 0 Å². The summed E-state index contributed by atoms with van der Waals surface area (Å²) in [6.07, 6.45) is 3.16. The van der Waals surface area contributed by atoms with Gasteiger partial charge in [0.25, 0.3) is 11.8 Å². The lowest BCUT2D eigenvalue weighted by Crippen LogP contribution is -2.16. The quantitative estimate of drug-likeness (QED) is 0.539. The molecule has 2 amide bonds. The maximum atomic E-state index is 12.6. The van der Waals surface area contributed by atoms with E-state index >= 15 is 0 Å². The van der Waals surface area contributed by atoms with Crippen molar-refractivity contribution in [3.63, 3.8) is 0 Å². The van der Waals surface area contributed by atoms with Crippen molar-refractivity contribution in [1.29, 1.82) is 0 Å². The standard InChI is InChI=1S/C21H19N3O4S/c1-14-7-8-17(11-19(14)21(26)24-18-6-3-9-22-12-18)23-20(25)16-5-2-4-15(10-16)13-29(27)28/h2-12H,13H2,1H3,(H,23,25)(H,24,26)(H,27,28). The molecular weight excluding hydrogens is 390 g/mol. The van der Waals surface area contributed by atoms with Crippen molar-refractivity contribution < 1.29 is 18.4 Å². The molecule has 1 heterocycles. The summed E-state index contributed by atoms with van der Waals surface area (Å²) < 4.78 is 20.0. The second-order valence-electron chi connectivity index (χ2n) is 6.35. The van der Waals surface area contributed by atoms with Crippen LogP contribution in [0.15, 0.2) is 67.0 Å². The van der Waals surface area contributed by atoms with Gasteiger partial charge in [-0.3, -0.25) is 14.6 Å². The summed E-state index contributed by atoms with van der Waals surface area (Å²) in [4.78, 5) is 29.1. The fraction of sp³-hybridized carbons (Fsp3) is 0.0952. The number of hydrogen-bond donors (Lipinski definition) is 3. The zero-order chi connectivity index (χ0) is 20.8. The molecule has 3 rings (SSSR count). The number of amides is 2. The van der Waals surface area contributed by atoms with Crippen LogP contribution in [0.4, 0.5) is 11.4 Å². The van der Waals surface area contributed by atoms with Crippen LogP contribution in [-0.2, 0) is 16.8 Å². The van der Waals surface area contributed by atoms with Gasteiger partial charge in [0.05, 0.1) is 17.6 Å². The van der Waals surface area contributed by atoms with Gasteiger partial charge in [0.15, 0.2) is 11.1 Å². The van der Waals surface area contributed by atoms with E-state index in [9.17, 15) is 13.8 Å². The third kappa shape index (κ3) is 5.56. The maximum absolute atomic E-state index is 12.6. The van der Waals surface area contributed by atoms with E-state index in [2.05, 4.69) is 15.6 Å². The van der Waals surface area contributed by atoms with Crippen LogP contribution >= 0.6 is 0 Å². The van der Waals surface area contributed by atoms with Crippen LogP contribution in [0.3, 0.4) is 0 Å². The van der Waals surface area contributed by atoms with Gasteiger partial charge in [-0.1, -0.05) is 18.2 Å². The Morgan fingerprint density at radius 1 is 1.00 bits per heavy atom. The molecule has 0 radical (unpaired) electrons. The van der Waals surface area contributed by atoms with Crippen molar-refractivity contribution in [2.24, 2.45) is 0 Å². The Hall–Kier alpha value is -3.36. The normalized spacial score (nSPS) is 11.5. The van der Waals surface area contributed by atoms with E-state index in [0.29, 0.717) is 28.1 Å². The first kappa shape index (κ1) is 20.4. The number of pyridine rings is 1. The topological polar surface area (TPSA) is 108 Å². The molecule has 1 aromatic heterocycles. The molecule has 0 aliphatic heterocycles. The number of nitrogens with zero attached hydrogens (tertiary/aromatic N) is 1. The lowest BCUT2D eigenvalue weighted by atomic mass is 10.1. The molecule has 0 saturated carbocycles. The molecule has 0 spiro atoms.